The number of fused-ring (bicyclic) bond motifs is 2. The van der Waals surface area contributed by atoms with E-state index in [0.29, 0.717) is 30.8 Å². The minimum absolute atomic E-state index is 0.0119. The van der Waals surface area contributed by atoms with Crippen LogP contribution in [0.4, 0.5) is 0 Å². The van der Waals surface area contributed by atoms with Gasteiger partial charge < -0.3 is 19.5 Å². The molecule has 9 atom stereocenters. The van der Waals surface area contributed by atoms with Crippen LogP contribution in [0, 0.1) is 34.0 Å². The summed E-state index contributed by atoms with van der Waals surface area (Å²) in [5.41, 5.74) is 0.377. The van der Waals surface area contributed by atoms with Crippen LogP contribution in [0.15, 0.2) is 12.2 Å². The Kier molecular flexibility index (Phi) is 3.79. The predicted octanol–water partition coefficient (Wildman–Crippen LogP) is 2.30. The highest BCUT2D eigenvalue weighted by atomic mass is 16.6. The van der Waals surface area contributed by atoms with Crippen LogP contribution in [0.25, 0.3) is 0 Å². The normalized spacial score (nSPS) is 53.0. The summed E-state index contributed by atoms with van der Waals surface area (Å²) in [6.45, 7) is 9.10. The topological polar surface area (TPSA) is 76.1 Å². The van der Waals surface area contributed by atoms with Gasteiger partial charge in [-0.15, -0.1) is 0 Å². The summed E-state index contributed by atoms with van der Waals surface area (Å²) in [7, 11) is 0. The number of ether oxygens (including phenoxy) is 2. The molecule has 8 aliphatic rings. The van der Waals surface area contributed by atoms with Gasteiger partial charge in [0, 0.05) is 30.8 Å². The number of carbonyl (C=O) groups excluding carboxylic acids is 2. The molecule has 0 aromatic carbocycles. The van der Waals surface area contributed by atoms with E-state index in [1.165, 1.54) is 6.92 Å². The number of rotatable bonds is 3. The Balaban J connectivity index is 1.51. The van der Waals surface area contributed by atoms with Gasteiger partial charge in [0.1, 0.15) is 6.10 Å². The van der Waals surface area contributed by atoms with E-state index in [2.05, 4.69) is 13.5 Å². The molecule has 3 heterocycles. The van der Waals surface area contributed by atoms with Gasteiger partial charge in [0.25, 0.3) is 0 Å². The third kappa shape index (κ3) is 1.95. The molecule has 1 amide bonds. The van der Waals surface area contributed by atoms with Crippen molar-refractivity contribution in [2.45, 2.75) is 70.7 Å². The Morgan fingerprint density at radius 1 is 1.23 bits per heavy atom. The molecular weight excluding hydrogens is 382 g/mol. The summed E-state index contributed by atoms with van der Waals surface area (Å²) in [5, 5.41) is 9.67. The second-order valence-electron chi connectivity index (χ2n) is 11.1. The van der Waals surface area contributed by atoms with Crippen LogP contribution in [-0.2, 0) is 19.1 Å². The van der Waals surface area contributed by atoms with Crippen molar-refractivity contribution in [2.24, 2.45) is 34.0 Å². The summed E-state index contributed by atoms with van der Waals surface area (Å²) in [6.07, 6.45) is 5.75. The predicted molar refractivity (Wildman–Crippen MR) is 108 cm³/mol. The number of hydrogen-bond donors (Lipinski definition) is 1. The van der Waals surface area contributed by atoms with Crippen molar-refractivity contribution in [1.29, 1.82) is 0 Å². The average molecular weight is 416 g/mol. The Hall–Kier alpha value is -1.40. The van der Waals surface area contributed by atoms with Gasteiger partial charge in [-0.3, -0.25) is 9.59 Å². The number of piperidine rings is 1. The number of amides is 1. The number of carbonyl (C=O) groups is 2. The highest BCUT2D eigenvalue weighted by molar-refractivity contribution is 5.84. The van der Waals surface area contributed by atoms with E-state index in [9.17, 15) is 14.7 Å². The molecular formula is C24H33NO5. The molecule has 9 unspecified atom stereocenters. The zero-order chi connectivity index (χ0) is 21.1. The van der Waals surface area contributed by atoms with Crippen molar-refractivity contribution < 1.29 is 24.2 Å². The van der Waals surface area contributed by atoms with Crippen molar-refractivity contribution in [3.8, 4) is 0 Å². The molecule has 0 aromatic rings. The average Bonchev–Trinajstić information content (AvgIpc) is 2.71. The monoisotopic (exact) mass is 415 g/mol. The van der Waals surface area contributed by atoms with Crippen LogP contribution < -0.4 is 0 Å². The fourth-order valence-electron chi connectivity index (χ4n) is 9.35. The first kappa shape index (κ1) is 19.3. The van der Waals surface area contributed by atoms with E-state index >= 15 is 0 Å². The van der Waals surface area contributed by atoms with Gasteiger partial charge in [-0.25, -0.2) is 0 Å². The highest BCUT2D eigenvalue weighted by Crippen LogP contribution is 2.77. The minimum atomic E-state index is -0.377. The first-order chi connectivity index (χ1) is 14.3. The van der Waals surface area contributed by atoms with Gasteiger partial charge in [0.05, 0.1) is 24.2 Å². The third-order valence-corrected chi connectivity index (χ3v) is 10.3. The number of aliphatic hydroxyl groups excluding tert-OH is 1. The maximum atomic E-state index is 13.5. The molecule has 0 aromatic heterocycles. The summed E-state index contributed by atoms with van der Waals surface area (Å²) in [6, 6.07) is 0. The molecule has 2 spiro atoms. The summed E-state index contributed by atoms with van der Waals surface area (Å²) >= 11 is 0. The lowest BCUT2D eigenvalue weighted by atomic mass is 9.32. The molecule has 6 heteroatoms. The van der Waals surface area contributed by atoms with Crippen LogP contribution in [-0.4, -0.2) is 59.9 Å². The summed E-state index contributed by atoms with van der Waals surface area (Å²) in [5.74, 6) is 1.03. The SMILES string of the molecule is C=C1C2CCC3(C4CC5C6(C)CCC(O4)C5(CN(CCO)C6=O)C3C2)C1OC(C)=O. The van der Waals surface area contributed by atoms with Crippen molar-refractivity contribution in [2.75, 3.05) is 19.7 Å². The van der Waals surface area contributed by atoms with Gasteiger partial charge in [-0.1, -0.05) is 13.5 Å². The molecule has 3 aliphatic heterocycles. The lowest BCUT2D eigenvalue weighted by Gasteiger charge is -2.78. The molecule has 0 radical (unpaired) electrons. The second kappa shape index (κ2) is 5.89. The fourth-order valence-corrected chi connectivity index (χ4v) is 9.35. The van der Waals surface area contributed by atoms with Crippen LogP contribution in [0.2, 0.25) is 0 Å². The third-order valence-electron chi connectivity index (χ3n) is 10.3. The van der Waals surface area contributed by atoms with Crippen molar-refractivity contribution in [1.82, 2.24) is 4.90 Å². The van der Waals surface area contributed by atoms with Gasteiger partial charge in [0.2, 0.25) is 5.91 Å². The first-order valence-corrected chi connectivity index (χ1v) is 11.7. The lowest BCUT2D eigenvalue weighted by Crippen LogP contribution is -2.82. The molecule has 1 N–H and O–H groups in total. The van der Waals surface area contributed by atoms with E-state index < -0.39 is 0 Å². The molecule has 30 heavy (non-hydrogen) atoms. The number of likely N-dealkylation sites (tertiary alicyclic amines) is 1. The molecule has 3 saturated heterocycles. The van der Waals surface area contributed by atoms with Crippen LogP contribution >= 0.6 is 0 Å². The molecule has 8 fully saturated rings. The molecule has 5 aliphatic carbocycles. The van der Waals surface area contributed by atoms with Crippen LogP contribution in [0.5, 0.6) is 0 Å². The number of hydrogen-bond acceptors (Lipinski definition) is 5. The van der Waals surface area contributed by atoms with Gasteiger partial charge in [0.15, 0.2) is 0 Å². The number of β-amino-alcohol motifs (C(OH)–C–C–N with tert-alkyl or cyclic N) is 1. The maximum Gasteiger partial charge on any atom is 0.303 e. The van der Waals surface area contributed by atoms with Crippen LogP contribution in [0.3, 0.4) is 0 Å². The second-order valence-corrected chi connectivity index (χ2v) is 11.1. The van der Waals surface area contributed by atoms with Crippen molar-refractivity contribution in [3.63, 3.8) is 0 Å². The van der Waals surface area contributed by atoms with Crippen LogP contribution in [0.1, 0.15) is 52.4 Å². The quantitative estimate of drug-likeness (QED) is 0.565. The summed E-state index contributed by atoms with van der Waals surface area (Å²) < 4.78 is 12.8. The molecule has 6 nitrogen and oxygen atoms in total. The number of aliphatic hydroxyl groups is 1. The van der Waals surface area contributed by atoms with Gasteiger partial charge in [-0.05, 0) is 61.9 Å². The first-order valence-electron chi connectivity index (χ1n) is 11.7. The standard InChI is InChI=1S/C24H33NO5/c1-13-15-4-7-23(20(13)29-14(2)27)17(10-15)24-12-25(8-9-26)21(28)22(3)6-5-18(24)30-19(23)11-16(22)24/h15-20,26H,1,4-12H2,2-3H3. The zero-order valence-corrected chi connectivity index (χ0v) is 18.1. The maximum absolute atomic E-state index is 13.5. The molecule has 5 saturated carbocycles. The van der Waals surface area contributed by atoms with Crippen molar-refractivity contribution in [3.05, 3.63) is 12.2 Å². The molecule has 7 bridgehead atoms. The van der Waals surface area contributed by atoms with E-state index in [1.807, 2.05) is 4.90 Å². The number of esters is 1. The Labute approximate surface area is 178 Å². The van der Waals surface area contributed by atoms with Gasteiger partial charge in [-0.2, -0.15) is 0 Å². The van der Waals surface area contributed by atoms with E-state index in [1.54, 1.807) is 0 Å². The Morgan fingerprint density at radius 3 is 2.77 bits per heavy atom. The molecule has 164 valence electrons. The zero-order valence-electron chi connectivity index (χ0n) is 18.1. The highest BCUT2D eigenvalue weighted by Gasteiger charge is 2.80. The smallest absolute Gasteiger partial charge is 0.303 e. The number of nitrogens with zero attached hydrogens (tertiary/aromatic N) is 1. The lowest BCUT2D eigenvalue weighted by molar-refractivity contribution is -0.370. The Bertz CT molecular complexity index is 841. The van der Waals surface area contributed by atoms with Crippen molar-refractivity contribution >= 4 is 11.9 Å². The van der Waals surface area contributed by atoms with Gasteiger partial charge >= 0.3 is 5.97 Å². The molecule has 8 rings (SSSR count). The fraction of sp³-hybridized carbons (Fsp3) is 0.833. The van der Waals surface area contributed by atoms with E-state index in [0.717, 1.165) is 44.1 Å². The minimum Gasteiger partial charge on any atom is -0.457 e. The largest absolute Gasteiger partial charge is 0.457 e. The summed E-state index contributed by atoms with van der Waals surface area (Å²) in [4.78, 5) is 27.5. The Morgan fingerprint density at radius 2 is 2.03 bits per heavy atom. The van der Waals surface area contributed by atoms with E-state index in [-0.39, 0.29) is 53.0 Å². The van der Waals surface area contributed by atoms with E-state index in [4.69, 9.17) is 9.47 Å².